The van der Waals surface area contributed by atoms with Gasteiger partial charge in [0, 0.05) is 23.3 Å². The molecule has 1 aliphatic rings. The van der Waals surface area contributed by atoms with Crippen molar-refractivity contribution < 1.29 is 22.3 Å². The fourth-order valence-electron chi connectivity index (χ4n) is 5.26. The predicted octanol–water partition coefficient (Wildman–Crippen LogP) is 7.58. The highest BCUT2D eigenvalue weighted by Gasteiger charge is 2.38. The number of thioether (sulfide) groups is 1. The molecule has 2 N–H and O–H groups in total. The van der Waals surface area contributed by atoms with Crippen LogP contribution >= 0.6 is 23.4 Å². The van der Waals surface area contributed by atoms with Gasteiger partial charge in [-0.1, -0.05) is 60.1 Å². The number of aromatic nitrogens is 1. The van der Waals surface area contributed by atoms with E-state index in [-0.39, 0.29) is 22.6 Å². The van der Waals surface area contributed by atoms with Gasteiger partial charge in [-0.15, -0.1) is 11.8 Å². The molecule has 3 aromatic carbocycles. The first-order valence-electron chi connectivity index (χ1n) is 12.4. The Bertz CT molecular complexity index is 1640. The van der Waals surface area contributed by atoms with Gasteiger partial charge in [-0.2, -0.15) is 13.2 Å². The van der Waals surface area contributed by atoms with Crippen LogP contribution in [0.15, 0.2) is 76.6 Å². The Morgan fingerprint density at radius 1 is 1.07 bits per heavy atom. The number of fused-ring (bicyclic) bond motifs is 1. The van der Waals surface area contributed by atoms with Crippen molar-refractivity contribution in [1.29, 1.82) is 0 Å². The zero-order chi connectivity index (χ0) is 28.8. The second-order valence-corrected chi connectivity index (χ2v) is 10.9. The Morgan fingerprint density at radius 2 is 1.77 bits per heavy atom. The van der Waals surface area contributed by atoms with Crippen molar-refractivity contribution in [3.05, 3.63) is 116 Å². The summed E-state index contributed by atoms with van der Waals surface area (Å²) >= 11 is 7.97. The molecule has 5 rings (SSSR count). The molecule has 40 heavy (non-hydrogen) atoms. The quantitative estimate of drug-likeness (QED) is 0.236. The van der Waals surface area contributed by atoms with Crippen LogP contribution in [-0.2, 0) is 12.6 Å². The number of halogens is 5. The lowest BCUT2D eigenvalue weighted by Crippen LogP contribution is -2.33. The van der Waals surface area contributed by atoms with Gasteiger partial charge in [0.1, 0.15) is 11.6 Å². The number of pyridine rings is 1. The molecule has 0 saturated carbocycles. The average Bonchev–Trinajstić information content (AvgIpc) is 3.37. The summed E-state index contributed by atoms with van der Waals surface area (Å²) in [6.07, 6.45) is -5.14. The average molecular weight is 589 g/mol. The molecule has 0 amide bonds. The van der Waals surface area contributed by atoms with E-state index in [0.717, 1.165) is 23.8 Å². The highest BCUT2D eigenvalue weighted by atomic mass is 35.5. The third kappa shape index (κ3) is 4.91. The maximum Gasteiger partial charge on any atom is 0.416 e. The third-order valence-electron chi connectivity index (χ3n) is 7.29. The van der Waals surface area contributed by atoms with Crippen molar-refractivity contribution in [2.24, 2.45) is 5.73 Å². The van der Waals surface area contributed by atoms with E-state index in [1.165, 1.54) is 18.9 Å². The number of ether oxygens (including phenoxy) is 1. The van der Waals surface area contributed by atoms with Gasteiger partial charge >= 0.3 is 6.18 Å². The van der Waals surface area contributed by atoms with Gasteiger partial charge < -0.3 is 10.5 Å². The SMILES string of the molecule is COc1cccc(-c2c(C)c(Cc3c(F)cccc3C(F)(F)F)c3n(c2=O)[C@H](C(N)c2ccccc2)CS3)c1Cl. The molecule has 1 aliphatic heterocycles. The van der Waals surface area contributed by atoms with E-state index in [0.29, 0.717) is 33.2 Å². The van der Waals surface area contributed by atoms with E-state index in [1.807, 2.05) is 30.3 Å². The number of benzene rings is 3. The van der Waals surface area contributed by atoms with Gasteiger partial charge in [-0.25, -0.2) is 4.39 Å². The molecule has 1 aromatic heterocycles. The number of hydrogen-bond donors (Lipinski definition) is 1. The Kier molecular flexibility index (Phi) is 7.74. The number of hydrogen-bond acceptors (Lipinski definition) is 4. The van der Waals surface area contributed by atoms with E-state index in [2.05, 4.69) is 0 Å². The summed E-state index contributed by atoms with van der Waals surface area (Å²) in [4.78, 5) is 14.2. The van der Waals surface area contributed by atoms with Crippen LogP contribution in [0.25, 0.3) is 11.1 Å². The summed E-state index contributed by atoms with van der Waals surface area (Å²) in [7, 11) is 1.45. The van der Waals surface area contributed by atoms with E-state index >= 15 is 4.39 Å². The minimum atomic E-state index is -4.76. The Hall–Kier alpha value is -3.27. The van der Waals surface area contributed by atoms with Crippen LogP contribution in [0.5, 0.6) is 5.75 Å². The first kappa shape index (κ1) is 28.3. The van der Waals surface area contributed by atoms with Gasteiger partial charge in [0.25, 0.3) is 5.56 Å². The van der Waals surface area contributed by atoms with E-state index in [4.69, 9.17) is 22.1 Å². The molecule has 0 saturated heterocycles. The maximum absolute atomic E-state index is 15.0. The number of alkyl halides is 3. The van der Waals surface area contributed by atoms with Crippen LogP contribution in [-0.4, -0.2) is 17.4 Å². The van der Waals surface area contributed by atoms with Crippen molar-refractivity contribution in [1.82, 2.24) is 4.57 Å². The second-order valence-electron chi connectivity index (χ2n) is 9.54. The van der Waals surface area contributed by atoms with Gasteiger partial charge in [-0.05, 0) is 41.8 Å². The summed E-state index contributed by atoms with van der Waals surface area (Å²) in [6.45, 7) is 1.65. The lowest BCUT2D eigenvalue weighted by molar-refractivity contribution is -0.138. The molecule has 0 aliphatic carbocycles. The first-order valence-corrected chi connectivity index (χ1v) is 13.8. The van der Waals surface area contributed by atoms with Crippen LogP contribution in [0, 0.1) is 12.7 Å². The molecule has 4 aromatic rings. The lowest BCUT2D eigenvalue weighted by Gasteiger charge is -2.25. The zero-order valence-electron chi connectivity index (χ0n) is 21.6. The van der Waals surface area contributed by atoms with Crippen LogP contribution in [0.2, 0.25) is 5.02 Å². The molecule has 2 heterocycles. The summed E-state index contributed by atoms with van der Waals surface area (Å²) in [5.74, 6) is -0.220. The summed E-state index contributed by atoms with van der Waals surface area (Å²) < 4.78 is 63.7. The molecule has 4 nitrogen and oxygen atoms in total. The van der Waals surface area contributed by atoms with E-state index < -0.39 is 35.2 Å². The normalized spacial score (nSPS) is 15.7. The summed E-state index contributed by atoms with van der Waals surface area (Å²) in [5.41, 5.74) is 6.97. The minimum absolute atomic E-state index is 0.188. The van der Waals surface area contributed by atoms with Crippen molar-refractivity contribution in [3.63, 3.8) is 0 Å². The standard InChI is InChI=1S/C30H25ClF4N2O2S/c1-16-19(14-20-21(30(33,34)35)11-7-12-22(20)32)29-37(23(15-40-29)27(36)17-8-4-3-5-9-17)28(38)25(16)18-10-6-13-24(39-2)26(18)31/h3-13,23,27H,14-15,36H2,1-2H3/t23-,27?/m0/s1. The first-order chi connectivity index (χ1) is 19.0. The molecular formula is C30H25ClF4N2O2S. The van der Waals surface area contributed by atoms with Crippen molar-refractivity contribution in [2.75, 3.05) is 12.9 Å². The van der Waals surface area contributed by atoms with Crippen LogP contribution < -0.4 is 16.0 Å². The fourth-order valence-corrected chi connectivity index (χ4v) is 7.00. The highest BCUT2D eigenvalue weighted by Crippen LogP contribution is 2.45. The molecule has 10 heteroatoms. The van der Waals surface area contributed by atoms with Gasteiger partial charge in [0.05, 0.1) is 40.4 Å². The van der Waals surface area contributed by atoms with Gasteiger partial charge in [0.2, 0.25) is 0 Å². The molecular weight excluding hydrogens is 564 g/mol. The molecule has 0 spiro atoms. The Morgan fingerprint density at radius 3 is 2.45 bits per heavy atom. The third-order valence-corrected chi connectivity index (χ3v) is 8.90. The molecule has 2 atom stereocenters. The lowest BCUT2D eigenvalue weighted by atomic mass is 9.92. The van der Waals surface area contributed by atoms with E-state index in [1.54, 1.807) is 29.7 Å². The van der Waals surface area contributed by atoms with Gasteiger partial charge in [-0.3, -0.25) is 9.36 Å². The topological polar surface area (TPSA) is 57.2 Å². The fraction of sp³-hybridized carbons (Fsp3) is 0.233. The summed E-state index contributed by atoms with van der Waals surface area (Å²) in [5, 5.41) is 0.658. The Balaban J connectivity index is 1.79. The number of nitrogens with two attached hydrogens (primary N) is 1. The second kappa shape index (κ2) is 11.0. The molecule has 1 unspecified atom stereocenters. The van der Waals surface area contributed by atoms with Crippen LogP contribution in [0.1, 0.15) is 39.9 Å². The largest absolute Gasteiger partial charge is 0.495 e. The van der Waals surface area contributed by atoms with Crippen molar-refractivity contribution >= 4 is 23.4 Å². The minimum Gasteiger partial charge on any atom is -0.495 e. The molecule has 0 bridgehead atoms. The number of rotatable bonds is 6. The highest BCUT2D eigenvalue weighted by molar-refractivity contribution is 7.99. The number of nitrogens with zero attached hydrogens (tertiary/aromatic N) is 1. The maximum atomic E-state index is 15.0. The van der Waals surface area contributed by atoms with Crippen LogP contribution in [0.4, 0.5) is 17.6 Å². The molecule has 208 valence electrons. The monoisotopic (exact) mass is 588 g/mol. The Labute approximate surface area is 237 Å². The number of methoxy groups -OCH3 is 1. The predicted molar refractivity (Wildman–Crippen MR) is 150 cm³/mol. The zero-order valence-corrected chi connectivity index (χ0v) is 23.1. The molecule has 0 radical (unpaired) electrons. The summed E-state index contributed by atoms with van der Waals surface area (Å²) in [6, 6.07) is 16.1. The van der Waals surface area contributed by atoms with Crippen LogP contribution in [0.3, 0.4) is 0 Å². The van der Waals surface area contributed by atoms with Crippen molar-refractivity contribution in [2.45, 2.75) is 36.6 Å². The van der Waals surface area contributed by atoms with Gasteiger partial charge in [0.15, 0.2) is 0 Å². The van der Waals surface area contributed by atoms with Crippen molar-refractivity contribution in [3.8, 4) is 16.9 Å². The molecule has 0 fully saturated rings. The van der Waals surface area contributed by atoms with E-state index in [9.17, 15) is 18.0 Å². The smallest absolute Gasteiger partial charge is 0.416 e.